The van der Waals surface area contributed by atoms with Crippen molar-refractivity contribution in [3.05, 3.63) is 101 Å². The summed E-state index contributed by atoms with van der Waals surface area (Å²) in [5, 5.41) is 9.23. The van der Waals surface area contributed by atoms with Gasteiger partial charge in [-0.1, -0.05) is 84.9 Å². The van der Waals surface area contributed by atoms with Crippen LogP contribution in [0.2, 0.25) is 0 Å². The number of hydrogen-bond donors (Lipinski definition) is 1. The Hall–Kier alpha value is -2.64. The number of aliphatic hydroxyl groups excluding tert-OH is 1. The minimum atomic E-state index is 0.0840. The number of rotatable bonds is 3. The van der Waals surface area contributed by atoms with Crippen molar-refractivity contribution >= 4 is 6.08 Å². The van der Waals surface area contributed by atoms with Crippen LogP contribution in [0.5, 0.6) is 0 Å². The number of hydrogen-bond acceptors (Lipinski definition) is 1. The molecule has 1 N–H and O–H groups in total. The van der Waals surface area contributed by atoms with Crippen LogP contribution < -0.4 is 0 Å². The van der Waals surface area contributed by atoms with E-state index in [0.29, 0.717) is 5.92 Å². The lowest BCUT2D eigenvalue weighted by molar-refractivity contribution is 0.282. The Bertz CT molecular complexity index is 859. The van der Waals surface area contributed by atoms with Gasteiger partial charge in [0.05, 0.1) is 6.61 Å². The van der Waals surface area contributed by atoms with Crippen LogP contribution in [0, 0.1) is 0 Å². The van der Waals surface area contributed by atoms with Crippen LogP contribution in [0.4, 0.5) is 0 Å². The highest BCUT2D eigenvalue weighted by Crippen LogP contribution is 2.39. The Morgan fingerprint density at radius 3 is 2.22 bits per heavy atom. The Morgan fingerprint density at radius 1 is 0.739 bits per heavy atom. The fourth-order valence-corrected chi connectivity index (χ4v) is 3.34. The van der Waals surface area contributed by atoms with Crippen molar-refractivity contribution in [2.45, 2.75) is 12.5 Å². The van der Waals surface area contributed by atoms with Gasteiger partial charge in [0, 0.05) is 5.92 Å². The molecule has 1 nitrogen and oxygen atoms in total. The smallest absolute Gasteiger partial charge is 0.0681 e. The number of fused-ring (bicyclic) bond motifs is 1. The van der Waals surface area contributed by atoms with E-state index in [1.165, 1.54) is 27.8 Å². The van der Waals surface area contributed by atoms with Gasteiger partial charge < -0.3 is 5.11 Å². The zero-order valence-corrected chi connectivity index (χ0v) is 12.8. The largest absolute Gasteiger partial charge is 0.392 e. The van der Waals surface area contributed by atoms with Crippen molar-refractivity contribution in [2.75, 3.05) is 0 Å². The van der Waals surface area contributed by atoms with Gasteiger partial charge in [-0.05, 0) is 33.4 Å². The average molecular weight is 298 g/mol. The number of benzene rings is 3. The zero-order chi connectivity index (χ0) is 15.6. The highest BCUT2D eigenvalue weighted by atomic mass is 16.3. The molecule has 112 valence electrons. The van der Waals surface area contributed by atoms with Gasteiger partial charge in [0.2, 0.25) is 0 Å². The van der Waals surface area contributed by atoms with Crippen molar-refractivity contribution < 1.29 is 5.11 Å². The van der Waals surface area contributed by atoms with Crippen LogP contribution >= 0.6 is 0 Å². The second-order valence-electron chi connectivity index (χ2n) is 5.91. The van der Waals surface area contributed by atoms with E-state index in [9.17, 15) is 5.11 Å². The molecule has 1 aliphatic rings. The Morgan fingerprint density at radius 2 is 1.43 bits per heavy atom. The maximum absolute atomic E-state index is 9.23. The van der Waals surface area contributed by atoms with Crippen molar-refractivity contribution in [1.29, 1.82) is 0 Å². The van der Waals surface area contributed by atoms with E-state index in [0.717, 1.165) is 5.56 Å². The zero-order valence-electron chi connectivity index (χ0n) is 12.8. The van der Waals surface area contributed by atoms with E-state index in [4.69, 9.17) is 0 Å². The van der Waals surface area contributed by atoms with E-state index < -0.39 is 0 Å². The fraction of sp³-hybridized carbons (Fsp3) is 0.0909. The van der Waals surface area contributed by atoms with E-state index in [-0.39, 0.29) is 6.61 Å². The molecule has 4 rings (SSSR count). The van der Waals surface area contributed by atoms with E-state index in [1.807, 2.05) is 12.1 Å². The molecule has 0 saturated heterocycles. The van der Waals surface area contributed by atoms with Gasteiger partial charge in [0.15, 0.2) is 0 Å². The Kier molecular flexibility index (Phi) is 3.57. The molecule has 0 aromatic heterocycles. The molecule has 0 heterocycles. The van der Waals surface area contributed by atoms with Gasteiger partial charge in [-0.15, -0.1) is 0 Å². The lowest BCUT2D eigenvalue weighted by atomic mass is 9.87. The maximum Gasteiger partial charge on any atom is 0.0681 e. The predicted molar refractivity (Wildman–Crippen MR) is 95.1 cm³/mol. The molecule has 0 radical (unpaired) electrons. The Labute approximate surface area is 136 Å². The van der Waals surface area contributed by atoms with Crippen LogP contribution in [-0.2, 0) is 6.61 Å². The summed E-state index contributed by atoms with van der Waals surface area (Å²) in [5.41, 5.74) is 7.39. The van der Waals surface area contributed by atoms with Crippen molar-refractivity contribution in [1.82, 2.24) is 0 Å². The Balaban J connectivity index is 1.80. The summed E-state index contributed by atoms with van der Waals surface area (Å²) in [6.07, 6.45) is 4.50. The first kappa shape index (κ1) is 14.0. The third-order valence-electron chi connectivity index (χ3n) is 4.54. The van der Waals surface area contributed by atoms with Crippen LogP contribution in [-0.4, -0.2) is 5.11 Å². The molecule has 1 heteroatoms. The lowest BCUT2D eigenvalue weighted by Crippen LogP contribution is -1.98. The number of allylic oxidation sites excluding steroid dienone is 1. The van der Waals surface area contributed by atoms with Crippen LogP contribution in [0.3, 0.4) is 0 Å². The first-order chi connectivity index (χ1) is 11.4. The fourth-order valence-electron chi connectivity index (χ4n) is 3.34. The molecule has 1 unspecified atom stereocenters. The van der Waals surface area contributed by atoms with Crippen LogP contribution in [0.15, 0.2) is 78.9 Å². The van der Waals surface area contributed by atoms with Crippen LogP contribution in [0.1, 0.15) is 28.2 Å². The van der Waals surface area contributed by atoms with E-state index in [1.54, 1.807) is 0 Å². The second-order valence-corrected chi connectivity index (χ2v) is 5.91. The van der Waals surface area contributed by atoms with Crippen molar-refractivity contribution in [2.24, 2.45) is 0 Å². The van der Waals surface area contributed by atoms with Gasteiger partial charge in [-0.3, -0.25) is 0 Å². The standard InChI is InChI=1S/C22H18O/c23-15-16-9-11-18(12-10-16)20-7-3-4-8-21(20)22-14-13-17-5-1-2-6-19(17)22/h1-14,22-23H,15H2. The van der Waals surface area contributed by atoms with Crippen molar-refractivity contribution in [3.63, 3.8) is 0 Å². The first-order valence-corrected chi connectivity index (χ1v) is 7.93. The van der Waals surface area contributed by atoms with Gasteiger partial charge in [-0.2, -0.15) is 0 Å². The molecule has 0 aliphatic heterocycles. The third kappa shape index (κ3) is 2.49. The predicted octanol–water partition coefficient (Wildman–Crippen LogP) is 5.00. The highest BCUT2D eigenvalue weighted by Gasteiger charge is 2.21. The van der Waals surface area contributed by atoms with Gasteiger partial charge >= 0.3 is 0 Å². The molecule has 0 saturated carbocycles. The summed E-state index contributed by atoms with van der Waals surface area (Å²) in [4.78, 5) is 0. The van der Waals surface area contributed by atoms with Crippen molar-refractivity contribution in [3.8, 4) is 11.1 Å². The van der Waals surface area contributed by atoms with E-state index in [2.05, 4.69) is 72.8 Å². The molecule has 0 amide bonds. The monoisotopic (exact) mass is 298 g/mol. The SMILES string of the molecule is OCc1ccc(-c2ccccc2C2C=Cc3ccccc32)cc1. The molecule has 1 aliphatic carbocycles. The summed E-state index contributed by atoms with van der Waals surface area (Å²) < 4.78 is 0. The summed E-state index contributed by atoms with van der Waals surface area (Å²) in [6.45, 7) is 0.0840. The summed E-state index contributed by atoms with van der Waals surface area (Å²) in [6, 6.07) is 25.3. The minimum Gasteiger partial charge on any atom is -0.392 e. The summed E-state index contributed by atoms with van der Waals surface area (Å²) in [5.74, 6) is 0.305. The molecular weight excluding hydrogens is 280 g/mol. The van der Waals surface area contributed by atoms with E-state index >= 15 is 0 Å². The molecular formula is C22H18O. The molecule has 3 aromatic rings. The van der Waals surface area contributed by atoms with Gasteiger partial charge in [-0.25, -0.2) is 0 Å². The molecule has 1 atom stereocenters. The quantitative estimate of drug-likeness (QED) is 0.721. The molecule has 0 spiro atoms. The third-order valence-corrected chi connectivity index (χ3v) is 4.54. The van der Waals surface area contributed by atoms with Crippen LogP contribution in [0.25, 0.3) is 17.2 Å². The lowest BCUT2D eigenvalue weighted by Gasteiger charge is -2.16. The summed E-state index contributed by atoms with van der Waals surface area (Å²) in [7, 11) is 0. The topological polar surface area (TPSA) is 20.2 Å². The normalized spacial score (nSPS) is 15.6. The first-order valence-electron chi connectivity index (χ1n) is 7.93. The van der Waals surface area contributed by atoms with Gasteiger partial charge in [0.25, 0.3) is 0 Å². The molecule has 3 aromatic carbocycles. The molecule has 23 heavy (non-hydrogen) atoms. The molecule has 0 bridgehead atoms. The highest BCUT2D eigenvalue weighted by molar-refractivity contribution is 5.73. The summed E-state index contributed by atoms with van der Waals surface area (Å²) >= 11 is 0. The second kappa shape index (κ2) is 5.86. The molecule has 0 fully saturated rings. The van der Waals surface area contributed by atoms with Gasteiger partial charge in [0.1, 0.15) is 0 Å². The maximum atomic E-state index is 9.23. The minimum absolute atomic E-state index is 0.0840. The average Bonchev–Trinajstić information content (AvgIpc) is 3.06. The number of aliphatic hydroxyl groups is 1.